The predicted octanol–water partition coefficient (Wildman–Crippen LogP) is 3.25. The number of aliphatic imine (C=N–C) groups is 1. The van der Waals surface area contributed by atoms with Gasteiger partial charge in [-0.05, 0) is 47.8 Å². The number of guanidine groups is 1. The zero-order chi connectivity index (χ0) is 18.6. The number of para-hydroxylation sites is 1. The van der Waals surface area contributed by atoms with Crippen LogP contribution in [-0.2, 0) is 9.47 Å². The molecule has 1 aromatic rings. The fourth-order valence-electron chi connectivity index (χ4n) is 2.92. The van der Waals surface area contributed by atoms with E-state index in [1.165, 1.54) is 5.69 Å². The summed E-state index contributed by atoms with van der Waals surface area (Å²) in [6, 6.07) is 8.79. The van der Waals surface area contributed by atoms with Crippen LogP contribution in [0.2, 0.25) is 0 Å². The van der Waals surface area contributed by atoms with Gasteiger partial charge in [-0.15, -0.1) is 24.0 Å². The Balaban J connectivity index is 0.00000364. The number of rotatable bonds is 10. The van der Waals surface area contributed by atoms with E-state index < -0.39 is 0 Å². The molecule has 6 nitrogen and oxygen atoms in total. The Kier molecular flexibility index (Phi) is 13.1. The van der Waals surface area contributed by atoms with Crippen LogP contribution in [0.4, 0.5) is 5.69 Å². The lowest BCUT2D eigenvalue weighted by Gasteiger charge is -2.21. The van der Waals surface area contributed by atoms with Crippen LogP contribution in [0.5, 0.6) is 0 Å². The summed E-state index contributed by atoms with van der Waals surface area (Å²) in [6.45, 7) is 7.73. The molecule has 0 radical (unpaired) electrons. The highest BCUT2D eigenvalue weighted by molar-refractivity contribution is 14.0. The molecule has 1 aliphatic heterocycles. The summed E-state index contributed by atoms with van der Waals surface area (Å²) in [5.41, 5.74) is 1.26. The SMILES string of the molecule is CCNC(=NCCCOCCOC)NC1CCN(c2ccccc2Br)C1.I. The van der Waals surface area contributed by atoms with Crippen molar-refractivity contribution in [2.24, 2.45) is 4.99 Å². The van der Waals surface area contributed by atoms with Crippen LogP contribution in [0.15, 0.2) is 33.7 Å². The van der Waals surface area contributed by atoms with Gasteiger partial charge in [0.1, 0.15) is 0 Å². The summed E-state index contributed by atoms with van der Waals surface area (Å²) in [4.78, 5) is 7.08. The number of nitrogens with zero attached hydrogens (tertiary/aromatic N) is 2. The topological polar surface area (TPSA) is 58.1 Å². The number of anilines is 1. The molecule has 0 bridgehead atoms. The quantitative estimate of drug-likeness (QED) is 0.201. The third-order valence-electron chi connectivity index (χ3n) is 4.21. The number of methoxy groups -OCH3 is 1. The van der Waals surface area contributed by atoms with E-state index in [0.717, 1.165) is 49.5 Å². The molecule has 1 aliphatic rings. The summed E-state index contributed by atoms with van der Waals surface area (Å²) in [5.74, 6) is 0.892. The average molecular weight is 555 g/mol. The molecule has 1 atom stereocenters. The summed E-state index contributed by atoms with van der Waals surface area (Å²) >= 11 is 3.65. The number of benzene rings is 1. The van der Waals surface area contributed by atoms with E-state index in [1.807, 2.05) is 6.07 Å². The minimum Gasteiger partial charge on any atom is -0.382 e. The molecule has 2 N–H and O–H groups in total. The first kappa shape index (κ1) is 24.5. The monoisotopic (exact) mass is 554 g/mol. The summed E-state index contributed by atoms with van der Waals surface area (Å²) in [6.07, 6.45) is 2.01. The molecule has 2 rings (SSSR count). The molecule has 0 aromatic heterocycles. The van der Waals surface area contributed by atoms with Crippen LogP contribution >= 0.6 is 39.9 Å². The largest absolute Gasteiger partial charge is 0.382 e. The highest BCUT2D eigenvalue weighted by atomic mass is 127. The van der Waals surface area contributed by atoms with Crippen molar-refractivity contribution < 1.29 is 9.47 Å². The minimum atomic E-state index is 0. The lowest BCUT2D eigenvalue weighted by atomic mass is 10.3. The smallest absolute Gasteiger partial charge is 0.191 e. The highest BCUT2D eigenvalue weighted by Crippen LogP contribution is 2.28. The zero-order valence-electron chi connectivity index (χ0n) is 16.2. The molecular formula is C19H32BrIN4O2. The minimum absolute atomic E-state index is 0. The van der Waals surface area contributed by atoms with E-state index in [1.54, 1.807) is 7.11 Å². The van der Waals surface area contributed by atoms with Gasteiger partial charge in [0, 0.05) is 50.4 Å². The Morgan fingerprint density at radius 3 is 2.85 bits per heavy atom. The normalized spacial score (nSPS) is 16.9. The maximum absolute atomic E-state index is 5.48. The van der Waals surface area contributed by atoms with Crippen molar-refractivity contribution in [3.05, 3.63) is 28.7 Å². The van der Waals surface area contributed by atoms with E-state index in [0.29, 0.717) is 25.9 Å². The van der Waals surface area contributed by atoms with Crippen molar-refractivity contribution in [1.82, 2.24) is 10.6 Å². The van der Waals surface area contributed by atoms with Gasteiger partial charge >= 0.3 is 0 Å². The molecule has 1 heterocycles. The molecule has 154 valence electrons. The van der Waals surface area contributed by atoms with Gasteiger partial charge in [-0.3, -0.25) is 4.99 Å². The molecule has 0 aliphatic carbocycles. The second-order valence-electron chi connectivity index (χ2n) is 6.25. The van der Waals surface area contributed by atoms with Crippen LogP contribution in [0.3, 0.4) is 0 Å². The fraction of sp³-hybridized carbons (Fsp3) is 0.632. The average Bonchev–Trinajstić information content (AvgIpc) is 3.09. The molecule has 0 amide bonds. The summed E-state index contributed by atoms with van der Waals surface area (Å²) < 4.78 is 11.6. The third kappa shape index (κ3) is 8.97. The Morgan fingerprint density at radius 2 is 2.11 bits per heavy atom. The molecule has 1 fully saturated rings. The second kappa shape index (κ2) is 14.4. The van der Waals surface area contributed by atoms with Gasteiger partial charge in [-0.25, -0.2) is 0 Å². The lowest BCUT2D eigenvalue weighted by molar-refractivity contribution is 0.0702. The number of hydrogen-bond donors (Lipinski definition) is 2. The van der Waals surface area contributed by atoms with Crippen molar-refractivity contribution in [1.29, 1.82) is 0 Å². The van der Waals surface area contributed by atoms with Crippen molar-refractivity contribution in [2.75, 3.05) is 58.0 Å². The van der Waals surface area contributed by atoms with Gasteiger partial charge in [0.2, 0.25) is 0 Å². The van der Waals surface area contributed by atoms with Gasteiger partial charge < -0.3 is 25.0 Å². The van der Waals surface area contributed by atoms with E-state index in [-0.39, 0.29) is 24.0 Å². The van der Waals surface area contributed by atoms with Crippen LogP contribution in [0.25, 0.3) is 0 Å². The Hall–Kier alpha value is -0.580. The van der Waals surface area contributed by atoms with Gasteiger partial charge in [-0.2, -0.15) is 0 Å². The van der Waals surface area contributed by atoms with Crippen molar-refractivity contribution >= 4 is 51.6 Å². The Morgan fingerprint density at radius 1 is 1.30 bits per heavy atom. The molecule has 27 heavy (non-hydrogen) atoms. The van der Waals surface area contributed by atoms with E-state index in [4.69, 9.17) is 9.47 Å². The van der Waals surface area contributed by atoms with E-state index in [9.17, 15) is 0 Å². The van der Waals surface area contributed by atoms with Crippen LogP contribution < -0.4 is 15.5 Å². The highest BCUT2D eigenvalue weighted by Gasteiger charge is 2.24. The number of hydrogen-bond acceptors (Lipinski definition) is 4. The first-order valence-electron chi connectivity index (χ1n) is 9.35. The summed E-state index contributed by atoms with van der Waals surface area (Å²) in [7, 11) is 1.68. The lowest BCUT2D eigenvalue weighted by Crippen LogP contribution is -2.44. The summed E-state index contributed by atoms with van der Waals surface area (Å²) in [5, 5.41) is 6.91. The van der Waals surface area contributed by atoms with Crippen molar-refractivity contribution in [3.8, 4) is 0 Å². The van der Waals surface area contributed by atoms with E-state index >= 15 is 0 Å². The number of ether oxygens (including phenoxy) is 2. The molecule has 1 saturated heterocycles. The fourth-order valence-corrected chi connectivity index (χ4v) is 3.46. The second-order valence-corrected chi connectivity index (χ2v) is 7.10. The zero-order valence-corrected chi connectivity index (χ0v) is 20.2. The number of halogens is 2. The van der Waals surface area contributed by atoms with Gasteiger partial charge in [0.05, 0.1) is 18.9 Å². The molecule has 0 saturated carbocycles. The Labute approximate surface area is 188 Å². The van der Waals surface area contributed by atoms with Gasteiger partial charge in [0.15, 0.2) is 5.96 Å². The number of nitrogens with one attached hydrogen (secondary N) is 2. The van der Waals surface area contributed by atoms with Gasteiger partial charge in [-0.1, -0.05) is 12.1 Å². The van der Waals surface area contributed by atoms with Crippen molar-refractivity contribution in [3.63, 3.8) is 0 Å². The molecule has 1 aromatic carbocycles. The molecule has 8 heteroatoms. The predicted molar refractivity (Wildman–Crippen MR) is 127 cm³/mol. The van der Waals surface area contributed by atoms with Crippen LogP contribution in [-0.4, -0.2) is 65.1 Å². The maximum atomic E-state index is 5.48. The first-order chi connectivity index (χ1) is 12.7. The van der Waals surface area contributed by atoms with Crippen LogP contribution in [0, 0.1) is 0 Å². The third-order valence-corrected chi connectivity index (χ3v) is 4.89. The standard InChI is InChI=1S/C19H31BrN4O2.HI/c1-3-21-19(22-10-6-12-26-14-13-25-2)23-16-9-11-24(15-16)18-8-5-4-7-17(18)20;/h4-5,7-8,16H,3,6,9-15H2,1-2H3,(H2,21,22,23);1H. The van der Waals surface area contributed by atoms with E-state index in [2.05, 4.69) is 61.6 Å². The molecule has 1 unspecified atom stereocenters. The maximum Gasteiger partial charge on any atom is 0.191 e. The Bertz CT molecular complexity index is 562. The van der Waals surface area contributed by atoms with Gasteiger partial charge in [0.25, 0.3) is 0 Å². The molecular weight excluding hydrogens is 523 g/mol. The van der Waals surface area contributed by atoms with Crippen molar-refractivity contribution in [2.45, 2.75) is 25.8 Å². The molecule has 0 spiro atoms. The first-order valence-corrected chi connectivity index (χ1v) is 10.1. The van der Waals surface area contributed by atoms with Crippen LogP contribution in [0.1, 0.15) is 19.8 Å².